The lowest BCUT2D eigenvalue weighted by atomic mass is 9.71. The maximum Gasteiger partial charge on any atom is 0.169 e. The largest absolute Gasteiger partial charge is 0.274 e. The van der Waals surface area contributed by atoms with Gasteiger partial charge in [0.2, 0.25) is 0 Å². The van der Waals surface area contributed by atoms with Crippen LogP contribution in [-0.2, 0) is 18.3 Å². The van der Waals surface area contributed by atoms with Gasteiger partial charge in [-0.2, -0.15) is 5.26 Å². The van der Waals surface area contributed by atoms with Crippen LogP contribution < -0.4 is 0 Å². The molecule has 0 spiro atoms. The molecule has 4 aromatic rings. The Bertz CT molecular complexity index is 1590. The van der Waals surface area contributed by atoms with Crippen molar-refractivity contribution in [2.24, 2.45) is 11.8 Å². The van der Waals surface area contributed by atoms with E-state index in [1.807, 2.05) is 0 Å². The summed E-state index contributed by atoms with van der Waals surface area (Å²) in [5.74, 6) is 2.55. The molecule has 0 atom stereocenters. The molecule has 0 bridgehead atoms. The van der Waals surface area contributed by atoms with Crippen LogP contribution in [0.25, 0.3) is 28.5 Å². The van der Waals surface area contributed by atoms with Crippen molar-refractivity contribution in [1.82, 2.24) is 14.8 Å². The lowest BCUT2D eigenvalue weighted by Gasteiger charge is -2.33. The van der Waals surface area contributed by atoms with Crippen LogP contribution in [-0.4, -0.2) is 14.8 Å². The lowest BCUT2D eigenvalue weighted by molar-refractivity contribution is 0.400. The number of hydrogen-bond donors (Lipinski definition) is 0. The standard InChI is InChI=1S/C40H50N4/c1-9-12-17-22-40(10-2,11-3)36-21-16-15-20-35(36)39-43-42-38(34-19-14-13-18-30(34)8)44(39)37-32(23-28(4)5)25-31(27-41)26-33(37)24-29(6)7/h12-21,25-26,28-29H,9-11,22-24H2,1-8H3/b17-12-. The van der Waals surface area contributed by atoms with Gasteiger partial charge in [-0.3, -0.25) is 4.57 Å². The summed E-state index contributed by atoms with van der Waals surface area (Å²) in [5.41, 5.74) is 8.85. The van der Waals surface area contributed by atoms with Gasteiger partial charge in [-0.05, 0) is 97.1 Å². The Morgan fingerprint density at radius 3 is 1.86 bits per heavy atom. The minimum Gasteiger partial charge on any atom is -0.274 e. The SMILES string of the molecule is CC/C=C\CC(CC)(CC)c1ccccc1-c1nnc(-c2ccccc2C)n1-c1c(CC(C)C)cc(C#N)cc1CC(C)C. The first-order valence-corrected chi connectivity index (χ1v) is 16.5. The van der Waals surface area contributed by atoms with Crippen LogP contribution in [0.3, 0.4) is 0 Å². The number of nitriles is 1. The van der Waals surface area contributed by atoms with Gasteiger partial charge in [-0.1, -0.05) is 109 Å². The van der Waals surface area contributed by atoms with Crippen LogP contribution >= 0.6 is 0 Å². The number of hydrogen-bond acceptors (Lipinski definition) is 3. The van der Waals surface area contributed by atoms with Gasteiger partial charge in [0.15, 0.2) is 11.6 Å². The van der Waals surface area contributed by atoms with Crippen LogP contribution in [0, 0.1) is 30.1 Å². The molecule has 0 unspecified atom stereocenters. The summed E-state index contributed by atoms with van der Waals surface area (Å²) >= 11 is 0. The van der Waals surface area contributed by atoms with Crippen LogP contribution in [0.1, 0.15) is 102 Å². The molecule has 0 aliphatic carbocycles. The number of aryl methyl sites for hydroxylation is 1. The molecule has 0 saturated carbocycles. The molecule has 0 aliphatic heterocycles. The molecule has 230 valence electrons. The van der Waals surface area contributed by atoms with E-state index in [9.17, 15) is 5.26 Å². The molecule has 4 heteroatoms. The minimum atomic E-state index is -0.0198. The average molecular weight is 587 g/mol. The second-order valence-electron chi connectivity index (χ2n) is 13.1. The summed E-state index contributed by atoms with van der Waals surface area (Å²) in [6.45, 7) is 17.9. The quantitative estimate of drug-likeness (QED) is 0.146. The van der Waals surface area contributed by atoms with Gasteiger partial charge in [0.05, 0.1) is 17.3 Å². The van der Waals surface area contributed by atoms with E-state index in [-0.39, 0.29) is 5.41 Å². The van der Waals surface area contributed by atoms with Crippen molar-refractivity contribution in [2.45, 2.75) is 99.3 Å². The van der Waals surface area contributed by atoms with Crippen molar-refractivity contribution < 1.29 is 0 Å². The van der Waals surface area contributed by atoms with E-state index in [0.29, 0.717) is 17.4 Å². The predicted octanol–water partition coefficient (Wildman–Crippen LogP) is 10.6. The molecule has 0 aliphatic rings. The van der Waals surface area contributed by atoms with Gasteiger partial charge in [-0.15, -0.1) is 10.2 Å². The number of allylic oxidation sites excluding steroid dienone is 2. The first kappa shape index (κ1) is 32.9. The summed E-state index contributed by atoms with van der Waals surface area (Å²) < 4.78 is 2.33. The van der Waals surface area contributed by atoms with Gasteiger partial charge in [0, 0.05) is 11.1 Å². The second-order valence-corrected chi connectivity index (χ2v) is 13.1. The predicted molar refractivity (Wildman–Crippen MR) is 185 cm³/mol. The molecule has 1 aromatic heterocycles. The van der Waals surface area contributed by atoms with E-state index in [1.165, 1.54) is 16.7 Å². The number of rotatable bonds is 13. The third-order valence-corrected chi connectivity index (χ3v) is 8.93. The fourth-order valence-corrected chi connectivity index (χ4v) is 6.62. The van der Waals surface area contributed by atoms with Crippen molar-refractivity contribution in [3.05, 3.63) is 101 Å². The van der Waals surface area contributed by atoms with Crippen molar-refractivity contribution >= 4 is 0 Å². The zero-order valence-electron chi connectivity index (χ0n) is 28.1. The van der Waals surface area contributed by atoms with Gasteiger partial charge in [0.1, 0.15) is 0 Å². The van der Waals surface area contributed by atoms with E-state index in [4.69, 9.17) is 10.2 Å². The summed E-state index contributed by atoms with van der Waals surface area (Å²) in [4.78, 5) is 0. The molecule has 0 saturated heterocycles. The number of benzene rings is 3. The summed E-state index contributed by atoms with van der Waals surface area (Å²) in [6, 6.07) is 23.9. The van der Waals surface area contributed by atoms with Crippen LogP contribution in [0.15, 0.2) is 72.8 Å². The van der Waals surface area contributed by atoms with E-state index in [2.05, 4.69) is 139 Å². The van der Waals surface area contributed by atoms with Gasteiger partial charge in [0.25, 0.3) is 0 Å². The monoisotopic (exact) mass is 586 g/mol. The Kier molecular flexibility index (Phi) is 11.0. The highest BCUT2D eigenvalue weighted by molar-refractivity contribution is 5.73. The molecule has 0 fully saturated rings. The molecular formula is C40H50N4. The maximum absolute atomic E-state index is 10.1. The van der Waals surface area contributed by atoms with E-state index >= 15 is 0 Å². The fraction of sp³-hybridized carbons (Fsp3) is 0.425. The summed E-state index contributed by atoms with van der Waals surface area (Å²) in [5, 5.41) is 20.1. The Labute approximate surface area is 265 Å². The zero-order valence-corrected chi connectivity index (χ0v) is 28.1. The minimum absolute atomic E-state index is 0.0198. The molecule has 1 heterocycles. The van der Waals surface area contributed by atoms with Crippen LogP contribution in [0.2, 0.25) is 0 Å². The second kappa shape index (κ2) is 14.7. The Morgan fingerprint density at radius 1 is 0.795 bits per heavy atom. The first-order chi connectivity index (χ1) is 21.2. The number of nitrogens with zero attached hydrogens (tertiary/aromatic N) is 4. The molecular weight excluding hydrogens is 536 g/mol. The van der Waals surface area contributed by atoms with Gasteiger partial charge < -0.3 is 0 Å². The Morgan fingerprint density at radius 2 is 1.34 bits per heavy atom. The average Bonchev–Trinajstić information content (AvgIpc) is 3.43. The molecule has 4 rings (SSSR count). The topological polar surface area (TPSA) is 54.5 Å². The smallest absolute Gasteiger partial charge is 0.169 e. The highest BCUT2D eigenvalue weighted by Gasteiger charge is 2.32. The Balaban J connectivity index is 2.15. The molecule has 4 nitrogen and oxygen atoms in total. The van der Waals surface area contributed by atoms with Crippen molar-refractivity contribution in [1.29, 1.82) is 5.26 Å². The third-order valence-electron chi connectivity index (χ3n) is 8.93. The van der Waals surface area contributed by atoms with E-state index in [0.717, 1.165) is 72.6 Å². The molecule has 0 N–H and O–H groups in total. The zero-order chi connectivity index (χ0) is 31.9. The van der Waals surface area contributed by atoms with E-state index < -0.39 is 0 Å². The van der Waals surface area contributed by atoms with Crippen molar-refractivity contribution in [3.63, 3.8) is 0 Å². The summed E-state index contributed by atoms with van der Waals surface area (Å²) in [7, 11) is 0. The summed E-state index contributed by atoms with van der Waals surface area (Å²) in [6.07, 6.45) is 10.4. The highest BCUT2D eigenvalue weighted by atomic mass is 15.3. The number of aromatic nitrogens is 3. The van der Waals surface area contributed by atoms with Crippen molar-refractivity contribution in [3.8, 4) is 34.5 Å². The Hall–Kier alpha value is -3.97. The van der Waals surface area contributed by atoms with Crippen LogP contribution in [0.4, 0.5) is 0 Å². The molecule has 3 aromatic carbocycles. The molecule has 0 radical (unpaired) electrons. The normalized spacial score (nSPS) is 12.0. The fourth-order valence-electron chi connectivity index (χ4n) is 6.62. The lowest BCUT2D eigenvalue weighted by Crippen LogP contribution is -2.25. The maximum atomic E-state index is 10.1. The van der Waals surface area contributed by atoms with Crippen molar-refractivity contribution in [2.75, 3.05) is 0 Å². The molecule has 0 amide bonds. The van der Waals surface area contributed by atoms with Gasteiger partial charge >= 0.3 is 0 Å². The third kappa shape index (κ3) is 6.88. The first-order valence-electron chi connectivity index (χ1n) is 16.5. The van der Waals surface area contributed by atoms with E-state index in [1.54, 1.807) is 0 Å². The highest BCUT2D eigenvalue weighted by Crippen LogP contribution is 2.43. The van der Waals surface area contributed by atoms with Gasteiger partial charge in [-0.25, -0.2) is 0 Å². The molecule has 44 heavy (non-hydrogen) atoms. The van der Waals surface area contributed by atoms with Crippen LogP contribution in [0.5, 0.6) is 0 Å².